The number of aryl methyl sites for hydroxylation is 1. The van der Waals surface area contributed by atoms with E-state index in [1.165, 1.54) is 0 Å². The van der Waals surface area contributed by atoms with Crippen molar-refractivity contribution in [3.05, 3.63) is 33.8 Å². The van der Waals surface area contributed by atoms with E-state index >= 15 is 0 Å². The third-order valence-electron chi connectivity index (χ3n) is 3.25. The van der Waals surface area contributed by atoms with Crippen molar-refractivity contribution in [2.24, 2.45) is 0 Å². The second-order valence-electron chi connectivity index (χ2n) is 4.51. The van der Waals surface area contributed by atoms with Gasteiger partial charge in [0.1, 0.15) is 0 Å². The van der Waals surface area contributed by atoms with Crippen LogP contribution in [0.1, 0.15) is 30.4 Å². The third kappa shape index (κ3) is 3.11. The zero-order chi connectivity index (χ0) is 13.0. The highest BCUT2D eigenvalue weighted by molar-refractivity contribution is 9.10. The lowest BCUT2D eigenvalue weighted by molar-refractivity contribution is -0.130. The van der Waals surface area contributed by atoms with Crippen molar-refractivity contribution in [1.82, 2.24) is 4.90 Å². The Balaban J connectivity index is 1.94. The van der Waals surface area contributed by atoms with Crippen molar-refractivity contribution in [3.8, 4) is 6.07 Å². The lowest BCUT2D eigenvalue weighted by Gasteiger charge is -2.15. The van der Waals surface area contributed by atoms with Crippen LogP contribution in [0, 0.1) is 11.3 Å². The van der Waals surface area contributed by atoms with Crippen molar-refractivity contribution in [3.63, 3.8) is 0 Å². The van der Waals surface area contributed by atoms with Crippen LogP contribution in [0.4, 0.5) is 0 Å². The second-order valence-corrected chi connectivity index (χ2v) is 5.36. The van der Waals surface area contributed by atoms with Crippen molar-refractivity contribution >= 4 is 21.8 Å². The first-order valence-electron chi connectivity index (χ1n) is 6.17. The van der Waals surface area contributed by atoms with Crippen LogP contribution in [-0.4, -0.2) is 23.9 Å². The first-order chi connectivity index (χ1) is 8.70. The molecule has 94 valence electrons. The van der Waals surface area contributed by atoms with Crippen LogP contribution in [0.3, 0.4) is 0 Å². The molecule has 1 aromatic carbocycles. The summed E-state index contributed by atoms with van der Waals surface area (Å²) in [5.41, 5.74) is 1.72. The van der Waals surface area contributed by atoms with E-state index in [9.17, 15) is 4.79 Å². The minimum Gasteiger partial charge on any atom is -0.343 e. The lowest BCUT2D eigenvalue weighted by Crippen LogP contribution is -2.27. The number of hydrogen-bond acceptors (Lipinski definition) is 2. The van der Waals surface area contributed by atoms with E-state index < -0.39 is 0 Å². The van der Waals surface area contributed by atoms with Gasteiger partial charge in [0.25, 0.3) is 0 Å². The molecule has 1 fully saturated rings. The summed E-state index contributed by atoms with van der Waals surface area (Å²) in [5.74, 6) is 0.240. The molecule has 0 radical (unpaired) electrons. The molecule has 1 aromatic rings. The predicted octanol–water partition coefficient (Wildman–Crippen LogP) is 2.88. The second kappa shape index (κ2) is 6.01. The smallest absolute Gasteiger partial charge is 0.222 e. The van der Waals surface area contributed by atoms with Gasteiger partial charge in [-0.25, -0.2) is 0 Å². The Morgan fingerprint density at radius 2 is 2.11 bits per heavy atom. The summed E-state index contributed by atoms with van der Waals surface area (Å²) in [6.07, 6.45) is 3.53. The number of halogens is 1. The molecule has 1 aliphatic rings. The highest BCUT2D eigenvalue weighted by Gasteiger charge is 2.17. The predicted molar refractivity (Wildman–Crippen MR) is 73.0 cm³/mol. The van der Waals surface area contributed by atoms with Gasteiger partial charge in [-0.1, -0.05) is 22.0 Å². The number of likely N-dealkylation sites (tertiary alicyclic amines) is 1. The number of nitrogens with zero attached hydrogens (tertiary/aromatic N) is 2. The molecular weight excluding hydrogens is 292 g/mol. The van der Waals surface area contributed by atoms with E-state index in [0.717, 1.165) is 42.4 Å². The van der Waals surface area contributed by atoms with Crippen LogP contribution in [0.25, 0.3) is 0 Å². The van der Waals surface area contributed by atoms with Crippen molar-refractivity contribution < 1.29 is 4.79 Å². The van der Waals surface area contributed by atoms with E-state index in [4.69, 9.17) is 5.26 Å². The maximum absolute atomic E-state index is 11.9. The van der Waals surface area contributed by atoms with Gasteiger partial charge in [0.15, 0.2) is 0 Å². The number of carbonyl (C=O) groups excluding carboxylic acids is 1. The van der Waals surface area contributed by atoms with Crippen LogP contribution in [0.5, 0.6) is 0 Å². The van der Waals surface area contributed by atoms with E-state index in [-0.39, 0.29) is 5.91 Å². The Labute approximate surface area is 116 Å². The number of amides is 1. The summed E-state index contributed by atoms with van der Waals surface area (Å²) >= 11 is 3.45. The lowest BCUT2D eigenvalue weighted by atomic mass is 10.1. The Hall–Kier alpha value is -1.34. The summed E-state index contributed by atoms with van der Waals surface area (Å²) in [7, 11) is 0. The van der Waals surface area contributed by atoms with Gasteiger partial charge < -0.3 is 4.90 Å². The van der Waals surface area contributed by atoms with E-state index in [1.54, 1.807) is 12.1 Å². The van der Waals surface area contributed by atoms with Crippen LogP contribution in [0.2, 0.25) is 0 Å². The molecule has 2 rings (SSSR count). The zero-order valence-electron chi connectivity index (χ0n) is 10.2. The highest BCUT2D eigenvalue weighted by atomic mass is 79.9. The SMILES string of the molecule is N#Cc1ccc(CCC(=O)N2CCCC2)c(Br)c1. The number of hydrogen-bond donors (Lipinski definition) is 0. The third-order valence-corrected chi connectivity index (χ3v) is 3.99. The number of nitriles is 1. The van der Waals surface area contributed by atoms with Crippen molar-refractivity contribution in [1.29, 1.82) is 5.26 Å². The normalized spacial score (nSPS) is 14.6. The molecule has 1 saturated heterocycles. The van der Waals surface area contributed by atoms with Crippen LogP contribution >= 0.6 is 15.9 Å². The van der Waals surface area contributed by atoms with Crippen LogP contribution in [0.15, 0.2) is 22.7 Å². The minimum atomic E-state index is 0.240. The number of rotatable bonds is 3. The van der Waals surface area contributed by atoms with Crippen LogP contribution < -0.4 is 0 Å². The Kier molecular flexibility index (Phi) is 4.38. The van der Waals surface area contributed by atoms with E-state index in [0.29, 0.717) is 12.0 Å². The summed E-state index contributed by atoms with van der Waals surface area (Å²) in [6.45, 7) is 1.82. The largest absolute Gasteiger partial charge is 0.343 e. The fourth-order valence-corrected chi connectivity index (χ4v) is 2.76. The van der Waals surface area contributed by atoms with Gasteiger partial charge in [-0.3, -0.25) is 4.79 Å². The average Bonchev–Trinajstić information content (AvgIpc) is 2.90. The van der Waals surface area contributed by atoms with Gasteiger partial charge >= 0.3 is 0 Å². The van der Waals surface area contributed by atoms with Gasteiger partial charge in [0.2, 0.25) is 5.91 Å². The van der Waals surface area contributed by atoms with Gasteiger partial charge in [0, 0.05) is 24.0 Å². The first-order valence-corrected chi connectivity index (χ1v) is 6.96. The summed E-state index contributed by atoms with van der Waals surface area (Å²) < 4.78 is 0.913. The highest BCUT2D eigenvalue weighted by Crippen LogP contribution is 2.20. The van der Waals surface area contributed by atoms with Gasteiger partial charge in [-0.15, -0.1) is 0 Å². The molecule has 0 unspecified atom stereocenters. The molecule has 1 aliphatic heterocycles. The molecular formula is C14H15BrN2O. The molecule has 0 aliphatic carbocycles. The molecule has 0 atom stereocenters. The molecule has 18 heavy (non-hydrogen) atoms. The monoisotopic (exact) mass is 306 g/mol. The molecule has 0 spiro atoms. The zero-order valence-corrected chi connectivity index (χ0v) is 11.7. The molecule has 1 amide bonds. The maximum atomic E-state index is 11.9. The molecule has 1 heterocycles. The van der Waals surface area contributed by atoms with Crippen molar-refractivity contribution in [2.75, 3.05) is 13.1 Å². The quantitative estimate of drug-likeness (QED) is 0.862. The Morgan fingerprint density at radius 3 is 2.72 bits per heavy atom. The summed E-state index contributed by atoms with van der Waals surface area (Å²) in [5, 5.41) is 8.78. The van der Waals surface area contributed by atoms with Crippen molar-refractivity contribution in [2.45, 2.75) is 25.7 Å². The molecule has 0 aromatic heterocycles. The average molecular weight is 307 g/mol. The Bertz CT molecular complexity index is 487. The minimum absolute atomic E-state index is 0.240. The molecule has 4 heteroatoms. The fraction of sp³-hybridized carbons (Fsp3) is 0.429. The Morgan fingerprint density at radius 1 is 1.39 bits per heavy atom. The van der Waals surface area contributed by atoms with Gasteiger partial charge in [-0.2, -0.15) is 5.26 Å². The topological polar surface area (TPSA) is 44.1 Å². The van der Waals surface area contributed by atoms with Gasteiger partial charge in [-0.05, 0) is 37.0 Å². The van der Waals surface area contributed by atoms with E-state index in [2.05, 4.69) is 22.0 Å². The molecule has 3 nitrogen and oxygen atoms in total. The summed E-state index contributed by atoms with van der Waals surface area (Å²) in [6, 6.07) is 7.61. The van der Waals surface area contributed by atoms with E-state index in [1.807, 2.05) is 11.0 Å². The molecule has 0 N–H and O–H groups in total. The fourth-order valence-electron chi connectivity index (χ4n) is 2.19. The standard InChI is InChI=1S/C14H15BrN2O/c15-13-9-11(10-16)3-4-12(13)5-6-14(18)17-7-1-2-8-17/h3-4,9H,1-2,5-8H2. The summed E-state index contributed by atoms with van der Waals surface area (Å²) in [4.78, 5) is 13.9. The number of carbonyl (C=O) groups is 1. The van der Waals surface area contributed by atoms with Gasteiger partial charge in [0.05, 0.1) is 11.6 Å². The first kappa shape index (κ1) is 13.1. The van der Waals surface area contributed by atoms with Crippen LogP contribution in [-0.2, 0) is 11.2 Å². The molecule has 0 saturated carbocycles. The number of benzene rings is 1. The maximum Gasteiger partial charge on any atom is 0.222 e. The molecule has 0 bridgehead atoms.